The number of carbonyl (C=O) groups excluding carboxylic acids is 1. The van der Waals surface area contributed by atoms with Crippen LogP contribution in [0.15, 0.2) is 42.5 Å². The van der Waals surface area contributed by atoms with Crippen molar-refractivity contribution in [3.8, 4) is 5.75 Å². The van der Waals surface area contributed by atoms with Crippen LogP contribution in [-0.4, -0.2) is 34.7 Å². The topological polar surface area (TPSA) is 80.6 Å². The summed E-state index contributed by atoms with van der Waals surface area (Å²) >= 11 is 0. The number of aromatic nitrogens is 1. The van der Waals surface area contributed by atoms with E-state index in [1.807, 2.05) is 35.8 Å². The van der Waals surface area contributed by atoms with Crippen molar-refractivity contribution < 1.29 is 23.8 Å². The predicted octanol–water partition coefficient (Wildman–Crippen LogP) is 4.04. The minimum atomic E-state index is -0.897. The van der Waals surface area contributed by atoms with Crippen molar-refractivity contribution in [3.63, 3.8) is 0 Å². The minimum absolute atomic E-state index is 0.0736. The predicted molar refractivity (Wildman–Crippen MR) is 120 cm³/mol. The van der Waals surface area contributed by atoms with E-state index >= 15 is 0 Å². The number of hydrogen-bond acceptors (Lipinski definition) is 3. The third-order valence-electron chi connectivity index (χ3n) is 6.23. The highest BCUT2D eigenvalue weighted by Gasteiger charge is 2.30. The minimum Gasteiger partial charge on any atom is -0.497 e. The quantitative estimate of drug-likeness (QED) is 0.583. The van der Waals surface area contributed by atoms with Crippen molar-refractivity contribution in [1.29, 1.82) is 0 Å². The Labute approximate surface area is 186 Å². The zero-order valence-electron chi connectivity index (χ0n) is 18.2. The first-order valence-corrected chi connectivity index (χ1v) is 10.9. The van der Waals surface area contributed by atoms with E-state index in [2.05, 4.69) is 5.32 Å². The van der Waals surface area contributed by atoms with Gasteiger partial charge < -0.3 is 19.7 Å². The van der Waals surface area contributed by atoms with Crippen molar-refractivity contribution in [1.82, 2.24) is 9.88 Å². The molecular formula is C25H27FN2O4. The summed E-state index contributed by atoms with van der Waals surface area (Å²) in [6, 6.07) is 11.1. The molecule has 1 aromatic heterocycles. The highest BCUT2D eigenvalue weighted by molar-refractivity contribution is 5.88. The Morgan fingerprint density at radius 1 is 1.25 bits per heavy atom. The summed E-state index contributed by atoms with van der Waals surface area (Å²) in [7, 11) is 1.60. The van der Waals surface area contributed by atoms with Crippen molar-refractivity contribution in [2.45, 2.75) is 51.1 Å². The van der Waals surface area contributed by atoms with Crippen molar-refractivity contribution in [2.75, 3.05) is 7.11 Å². The molecule has 1 unspecified atom stereocenters. The first-order valence-electron chi connectivity index (χ1n) is 10.9. The number of fused-ring (bicyclic) bond motifs is 3. The Kier molecular flexibility index (Phi) is 6.17. The lowest BCUT2D eigenvalue weighted by molar-refractivity contribution is -0.141. The summed E-state index contributed by atoms with van der Waals surface area (Å²) in [6.07, 6.45) is 2.58. The molecule has 2 atom stereocenters. The maximum Gasteiger partial charge on any atom is 0.326 e. The first-order chi connectivity index (χ1) is 15.4. The molecule has 7 heteroatoms. The number of halogens is 1. The lowest BCUT2D eigenvalue weighted by Crippen LogP contribution is -2.40. The van der Waals surface area contributed by atoms with Crippen LogP contribution in [0.2, 0.25) is 0 Å². The molecule has 0 saturated carbocycles. The van der Waals surface area contributed by atoms with Crippen LogP contribution in [0.3, 0.4) is 0 Å². The fourth-order valence-corrected chi connectivity index (χ4v) is 4.72. The number of methoxy groups -OCH3 is 1. The van der Waals surface area contributed by atoms with Crippen LogP contribution < -0.4 is 10.1 Å². The molecule has 1 aliphatic rings. The third kappa shape index (κ3) is 4.20. The summed E-state index contributed by atoms with van der Waals surface area (Å²) in [6.45, 7) is 1.84. The lowest BCUT2D eigenvalue weighted by atomic mass is 9.91. The Morgan fingerprint density at radius 3 is 2.66 bits per heavy atom. The summed E-state index contributed by atoms with van der Waals surface area (Å²) < 4.78 is 21.1. The van der Waals surface area contributed by atoms with Gasteiger partial charge in [-0.1, -0.05) is 19.1 Å². The van der Waals surface area contributed by atoms with Crippen molar-refractivity contribution in [2.24, 2.45) is 0 Å². The summed E-state index contributed by atoms with van der Waals surface area (Å²) in [5, 5.41) is 13.6. The van der Waals surface area contributed by atoms with E-state index in [1.165, 1.54) is 12.1 Å². The maximum atomic E-state index is 14.1. The maximum absolute atomic E-state index is 14.1. The van der Waals surface area contributed by atoms with Gasteiger partial charge >= 0.3 is 5.97 Å². The van der Waals surface area contributed by atoms with Gasteiger partial charge in [0.2, 0.25) is 5.91 Å². The molecule has 168 valence electrons. The molecule has 1 aliphatic carbocycles. The normalized spacial score (nSPS) is 16.4. The highest BCUT2D eigenvalue weighted by Crippen LogP contribution is 2.36. The molecule has 0 saturated heterocycles. The molecule has 32 heavy (non-hydrogen) atoms. The van der Waals surface area contributed by atoms with E-state index in [-0.39, 0.29) is 24.2 Å². The third-order valence-corrected chi connectivity index (χ3v) is 6.23. The van der Waals surface area contributed by atoms with Gasteiger partial charge in [0.25, 0.3) is 0 Å². The van der Waals surface area contributed by atoms with Crippen molar-refractivity contribution >= 4 is 22.8 Å². The second-order valence-electron chi connectivity index (χ2n) is 8.25. The average molecular weight is 438 g/mol. The number of benzene rings is 2. The van der Waals surface area contributed by atoms with E-state index in [9.17, 15) is 19.1 Å². The van der Waals surface area contributed by atoms with Crippen LogP contribution in [-0.2, 0) is 28.9 Å². The molecular weight excluding hydrogens is 411 g/mol. The molecule has 0 bridgehead atoms. The molecule has 0 aliphatic heterocycles. The van der Waals surface area contributed by atoms with Gasteiger partial charge in [-0.25, -0.2) is 9.18 Å². The number of nitrogens with one attached hydrogen (secondary N) is 1. The van der Waals surface area contributed by atoms with Gasteiger partial charge in [-0.15, -0.1) is 0 Å². The summed E-state index contributed by atoms with van der Waals surface area (Å²) in [5.74, 6) is -0.585. The zero-order valence-corrected chi connectivity index (χ0v) is 18.2. The number of hydrogen-bond donors (Lipinski definition) is 2. The van der Waals surface area contributed by atoms with Crippen molar-refractivity contribution in [3.05, 3.63) is 65.1 Å². The number of carbonyl (C=O) groups is 2. The Morgan fingerprint density at radius 2 is 2.00 bits per heavy atom. The van der Waals surface area contributed by atoms with Crippen LogP contribution in [0.5, 0.6) is 5.75 Å². The molecule has 6 nitrogen and oxygen atoms in total. The van der Waals surface area contributed by atoms with Gasteiger partial charge in [0, 0.05) is 22.6 Å². The number of carboxylic acids is 1. The number of carboxylic acid groups (broad SMARTS) is 1. The fraction of sp³-hybridized carbons (Fsp3) is 0.360. The van der Waals surface area contributed by atoms with Crippen LogP contribution in [0.25, 0.3) is 10.9 Å². The summed E-state index contributed by atoms with van der Waals surface area (Å²) in [4.78, 5) is 24.5. The molecule has 3 aromatic rings. The van der Waals surface area contributed by atoms with Crippen LogP contribution in [0.4, 0.5) is 4.39 Å². The summed E-state index contributed by atoms with van der Waals surface area (Å²) in [5.41, 5.74) is 3.49. The van der Waals surface area contributed by atoms with E-state index in [1.54, 1.807) is 13.2 Å². The molecule has 4 rings (SSSR count). The SMILES string of the molecule is CCC(C(=O)O)n1c2c(c3cc(F)ccc31)C[C@H](NC(=O)Cc1ccc(OC)cc1)CC2. The number of nitrogens with zero attached hydrogens (tertiary/aromatic N) is 1. The second kappa shape index (κ2) is 9.02. The van der Waals surface area contributed by atoms with Gasteiger partial charge in [0.1, 0.15) is 17.6 Å². The second-order valence-corrected chi connectivity index (χ2v) is 8.25. The van der Waals surface area contributed by atoms with Gasteiger partial charge in [0.05, 0.1) is 13.5 Å². The standard InChI is InChI=1S/C25H27FN2O4/c1-3-21(25(30)31)28-22-10-6-16(26)13-19(22)20-14-17(7-11-23(20)28)27-24(29)12-15-4-8-18(32-2)9-5-15/h4-6,8-10,13,17,21H,3,7,11-12,14H2,1-2H3,(H,27,29)(H,30,31)/t17-,21?/m1/s1. The molecule has 1 heterocycles. The largest absolute Gasteiger partial charge is 0.497 e. The van der Waals surface area contributed by atoms with E-state index in [0.29, 0.717) is 25.7 Å². The van der Waals surface area contributed by atoms with Gasteiger partial charge in [-0.2, -0.15) is 0 Å². The molecule has 1 amide bonds. The van der Waals surface area contributed by atoms with Gasteiger partial charge in [-0.3, -0.25) is 4.79 Å². The van der Waals surface area contributed by atoms with Crippen LogP contribution >= 0.6 is 0 Å². The molecule has 0 radical (unpaired) electrons. The van der Waals surface area contributed by atoms with Crippen LogP contribution in [0, 0.1) is 5.82 Å². The number of ether oxygens (including phenoxy) is 1. The zero-order chi connectivity index (χ0) is 22.8. The van der Waals surface area contributed by atoms with Crippen LogP contribution in [0.1, 0.15) is 42.6 Å². The Balaban J connectivity index is 1.57. The average Bonchev–Trinajstić information content (AvgIpc) is 3.07. The Bertz CT molecular complexity index is 1150. The van der Waals surface area contributed by atoms with Gasteiger partial charge in [0.15, 0.2) is 0 Å². The van der Waals surface area contributed by atoms with E-state index in [4.69, 9.17) is 4.74 Å². The molecule has 0 spiro atoms. The molecule has 2 aromatic carbocycles. The van der Waals surface area contributed by atoms with Gasteiger partial charge in [-0.05, 0) is 67.1 Å². The Hall–Kier alpha value is -3.35. The fourth-order valence-electron chi connectivity index (χ4n) is 4.72. The smallest absolute Gasteiger partial charge is 0.326 e. The molecule has 0 fully saturated rings. The van der Waals surface area contributed by atoms with E-state index < -0.39 is 12.0 Å². The lowest BCUT2D eigenvalue weighted by Gasteiger charge is -2.26. The number of aliphatic carboxylic acids is 1. The molecule has 2 N–H and O–H groups in total. The number of amides is 1. The number of rotatable bonds is 7. The van der Waals surface area contributed by atoms with E-state index in [0.717, 1.165) is 33.5 Å². The highest BCUT2D eigenvalue weighted by atomic mass is 19.1. The monoisotopic (exact) mass is 438 g/mol. The first kappa shape index (κ1) is 21.9.